The highest BCUT2D eigenvalue weighted by Crippen LogP contribution is 2.35. The third-order valence-corrected chi connectivity index (χ3v) is 6.78. The van der Waals surface area contributed by atoms with Crippen LogP contribution in [0.25, 0.3) is 17.0 Å². The van der Waals surface area contributed by atoms with E-state index in [0.717, 1.165) is 39.4 Å². The Morgan fingerprint density at radius 1 is 0.879 bits per heavy atom. The van der Waals surface area contributed by atoms with Gasteiger partial charge >= 0.3 is 0 Å². The average molecular weight is 457 g/mol. The van der Waals surface area contributed by atoms with Crippen LogP contribution in [-0.4, -0.2) is 20.6 Å². The number of rotatable bonds is 5. The zero-order valence-electron chi connectivity index (χ0n) is 18.0. The van der Waals surface area contributed by atoms with Crippen LogP contribution < -0.4 is 0 Å². The Hall–Kier alpha value is -3.64. The molecule has 1 fully saturated rings. The van der Waals surface area contributed by atoms with Gasteiger partial charge in [0.15, 0.2) is 0 Å². The molecule has 0 aliphatic carbocycles. The fourth-order valence-corrected chi connectivity index (χ4v) is 4.90. The van der Waals surface area contributed by atoms with E-state index in [1.807, 2.05) is 72.3 Å². The van der Waals surface area contributed by atoms with Gasteiger partial charge in [-0.05, 0) is 48.0 Å². The summed E-state index contributed by atoms with van der Waals surface area (Å²) in [5, 5.41) is 0.670. The van der Waals surface area contributed by atoms with Crippen molar-refractivity contribution in [3.63, 3.8) is 0 Å². The number of benzene rings is 3. The summed E-state index contributed by atoms with van der Waals surface area (Å²) in [6.07, 6.45) is 3.68. The molecule has 2 heterocycles. The van der Waals surface area contributed by atoms with E-state index < -0.39 is 0 Å². The van der Waals surface area contributed by atoms with Crippen molar-refractivity contribution in [3.8, 4) is 0 Å². The van der Waals surface area contributed by atoms with Crippen molar-refractivity contribution < 1.29 is 14.0 Å². The topological polar surface area (TPSA) is 42.3 Å². The summed E-state index contributed by atoms with van der Waals surface area (Å²) in [4.78, 5) is 27.4. The number of carbonyl (C=O) groups is 2. The molecule has 0 spiro atoms. The highest BCUT2D eigenvalue weighted by molar-refractivity contribution is 8.18. The van der Waals surface area contributed by atoms with Crippen LogP contribution in [0, 0.1) is 12.7 Å². The minimum atomic E-state index is -0.292. The summed E-state index contributed by atoms with van der Waals surface area (Å²) < 4.78 is 16.2. The van der Waals surface area contributed by atoms with Gasteiger partial charge in [-0.2, -0.15) is 0 Å². The van der Waals surface area contributed by atoms with Crippen LogP contribution >= 0.6 is 11.8 Å². The molecule has 2 amide bonds. The normalized spacial score (nSPS) is 15.2. The summed E-state index contributed by atoms with van der Waals surface area (Å²) in [6, 6.07) is 22.2. The van der Waals surface area contributed by atoms with Crippen LogP contribution in [0.2, 0.25) is 0 Å². The molecular weight excluding hydrogens is 435 g/mol. The van der Waals surface area contributed by atoms with Gasteiger partial charge in [0.1, 0.15) is 5.82 Å². The maximum absolute atomic E-state index is 14.2. The summed E-state index contributed by atoms with van der Waals surface area (Å²) in [5.41, 5.74) is 4.33. The van der Waals surface area contributed by atoms with Gasteiger partial charge in [0.25, 0.3) is 11.1 Å². The highest BCUT2D eigenvalue weighted by atomic mass is 32.2. The van der Waals surface area contributed by atoms with Crippen LogP contribution in [-0.2, 0) is 17.9 Å². The molecule has 6 heteroatoms. The van der Waals surface area contributed by atoms with Gasteiger partial charge in [-0.1, -0.05) is 60.7 Å². The van der Waals surface area contributed by atoms with E-state index in [2.05, 4.69) is 0 Å². The SMILES string of the molecule is Cc1ccccc1CN1C(=O)S/C(=C\c2cn(Cc3ccccc3F)c3ccccc23)C1=O. The second kappa shape index (κ2) is 8.71. The molecule has 0 N–H and O–H groups in total. The monoisotopic (exact) mass is 456 g/mol. The molecule has 164 valence electrons. The molecule has 33 heavy (non-hydrogen) atoms. The van der Waals surface area contributed by atoms with E-state index in [4.69, 9.17) is 0 Å². The molecule has 0 unspecified atom stereocenters. The molecule has 1 aliphatic heterocycles. The molecule has 0 radical (unpaired) electrons. The van der Waals surface area contributed by atoms with Crippen molar-refractivity contribution in [3.05, 3.63) is 112 Å². The van der Waals surface area contributed by atoms with Crippen LogP contribution in [0.15, 0.2) is 83.9 Å². The third-order valence-electron chi connectivity index (χ3n) is 5.87. The van der Waals surface area contributed by atoms with Gasteiger partial charge < -0.3 is 4.57 Å². The molecule has 1 saturated heterocycles. The number of fused-ring (bicyclic) bond motifs is 1. The molecule has 5 rings (SSSR count). The van der Waals surface area contributed by atoms with E-state index in [1.165, 1.54) is 11.0 Å². The van der Waals surface area contributed by atoms with Gasteiger partial charge in [-0.15, -0.1) is 0 Å². The van der Waals surface area contributed by atoms with Crippen molar-refractivity contribution in [1.82, 2.24) is 9.47 Å². The molecule has 4 aromatic rings. The lowest BCUT2D eigenvalue weighted by Crippen LogP contribution is -2.27. The number of hydrogen-bond acceptors (Lipinski definition) is 3. The minimum absolute atomic E-state index is 0.254. The van der Waals surface area contributed by atoms with E-state index in [-0.39, 0.29) is 23.5 Å². The van der Waals surface area contributed by atoms with Crippen molar-refractivity contribution in [2.45, 2.75) is 20.0 Å². The number of imide groups is 1. The number of nitrogens with zero attached hydrogens (tertiary/aromatic N) is 2. The van der Waals surface area contributed by atoms with E-state index in [9.17, 15) is 14.0 Å². The Labute approximate surface area is 195 Å². The third kappa shape index (κ3) is 4.10. The Balaban J connectivity index is 1.48. The summed E-state index contributed by atoms with van der Waals surface area (Å²) >= 11 is 0.955. The Bertz CT molecular complexity index is 1420. The number of amides is 2. The number of thioether (sulfide) groups is 1. The van der Waals surface area contributed by atoms with Gasteiger partial charge in [0, 0.05) is 28.2 Å². The lowest BCUT2D eigenvalue weighted by atomic mass is 10.1. The first-order valence-corrected chi connectivity index (χ1v) is 11.4. The summed E-state index contributed by atoms with van der Waals surface area (Å²) in [5.74, 6) is -0.548. The second-order valence-corrected chi connectivity index (χ2v) is 9.01. The first-order chi connectivity index (χ1) is 16.0. The summed E-state index contributed by atoms with van der Waals surface area (Å²) in [7, 11) is 0. The van der Waals surface area contributed by atoms with Crippen molar-refractivity contribution in [2.24, 2.45) is 0 Å². The largest absolute Gasteiger partial charge is 0.342 e. The van der Waals surface area contributed by atoms with Crippen LogP contribution in [0.4, 0.5) is 9.18 Å². The van der Waals surface area contributed by atoms with Gasteiger partial charge in [-0.3, -0.25) is 14.5 Å². The Morgan fingerprint density at radius 3 is 2.36 bits per heavy atom. The van der Waals surface area contributed by atoms with Gasteiger partial charge in [0.05, 0.1) is 18.0 Å². The molecular formula is C27H21FN2O2S. The fourth-order valence-electron chi connectivity index (χ4n) is 4.07. The van der Waals surface area contributed by atoms with Gasteiger partial charge in [0.2, 0.25) is 0 Å². The zero-order chi connectivity index (χ0) is 22.9. The summed E-state index contributed by atoms with van der Waals surface area (Å²) in [6.45, 7) is 2.59. The molecule has 0 saturated carbocycles. The molecule has 3 aromatic carbocycles. The molecule has 0 bridgehead atoms. The Kier molecular flexibility index (Phi) is 5.60. The van der Waals surface area contributed by atoms with Gasteiger partial charge in [-0.25, -0.2) is 4.39 Å². The average Bonchev–Trinajstić information content (AvgIpc) is 3.29. The number of carbonyl (C=O) groups excluding carboxylic acids is 2. The predicted octanol–water partition coefficient (Wildman–Crippen LogP) is 6.37. The standard InChI is InChI=1S/C27H21FN2O2S/c1-18-8-2-3-9-19(18)17-30-26(31)25(33-27(30)32)14-21-16-29(24-13-7-5-11-22(21)24)15-20-10-4-6-12-23(20)28/h2-14,16H,15,17H2,1H3/b25-14-. The smallest absolute Gasteiger partial charge is 0.293 e. The quantitative estimate of drug-likeness (QED) is 0.328. The Morgan fingerprint density at radius 2 is 1.58 bits per heavy atom. The first-order valence-electron chi connectivity index (χ1n) is 10.6. The predicted molar refractivity (Wildman–Crippen MR) is 130 cm³/mol. The van der Waals surface area contributed by atoms with Crippen molar-refractivity contribution in [1.29, 1.82) is 0 Å². The lowest BCUT2D eigenvalue weighted by molar-refractivity contribution is -0.123. The molecule has 4 nitrogen and oxygen atoms in total. The molecule has 1 aliphatic rings. The van der Waals surface area contributed by atoms with Crippen LogP contribution in [0.5, 0.6) is 0 Å². The van der Waals surface area contributed by atoms with Crippen molar-refractivity contribution in [2.75, 3.05) is 0 Å². The number of halogens is 1. The molecule has 1 aromatic heterocycles. The highest BCUT2D eigenvalue weighted by Gasteiger charge is 2.35. The lowest BCUT2D eigenvalue weighted by Gasteiger charge is -2.14. The van der Waals surface area contributed by atoms with Crippen LogP contribution in [0.3, 0.4) is 0 Å². The van der Waals surface area contributed by atoms with E-state index >= 15 is 0 Å². The minimum Gasteiger partial charge on any atom is -0.342 e. The maximum Gasteiger partial charge on any atom is 0.293 e. The number of para-hydroxylation sites is 1. The molecule has 0 atom stereocenters. The zero-order valence-corrected chi connectivity index (χ0v) is 18.8. The van der Waals surface area contributed by atoms with E-state index in [0.29, 0.717) is 17.0 Å². The number of hydrogen-bond donors (Lipinski definition) is 0. The second-order valence-electron chi connectivity index (χ2n) is 8.02. The maximum atomic E-state index is 14.2. The van der Waals surface area contributed by atoms with E-state index in [1.54, 1.807) is 18.2 Å². The van der Waals surface area contributed by atoms with Crippen molar-refractivity contribution >= 4 is 39.9 Å². The van der Waals surface area contributed by atoms with Crippen LogP contribution in [0.1, 0.15) is 22.3 Å². The number of aryl methyl sites for hydroxylation is 1. The first kappa shape index (κ1) is 21.2. The fraction of sp³-hybridized carbons (Fsp3) is 0.111. The number of aromatic nitrogens is 1.